The van der Waals surface area contributed by atoms with Crippen molar-refractivity contribution in [1.29, 1.82) is 0 Å². The van der Waals surface area contributed by atoms with Crippen LogP contribution in [0.25, 0.3) is 10.6 Å². The second-order valence-corrected chi connectivity index (χ2v) is 8.36. The lowest BCUT2D eigenvalue weighted by molar-refractivity contribution is 0.289. The standard InChI is InChI=1S/C20H18ClN5O2S2/c1-27-14-5-4-6-15(9-14)28-10-18-24-25-20(26(18)22)30-12-13-11-29-19(23-13)16-7-2-3-8-17(16)21/h2-9,11H,10,12,22H2,1H3. The molecule has 0 unspecified atom stereocenters. The highest BCUT2D eigenvalue weighted by molar-refractivity contribution is 7.98. The number of nitrogens with zero attached hydrogens (tertiary/aromatic N) is 4. The van der Waals surface area contributed by atoms with Crippen molar-refractivity contribution in [2.45, 2.75) is 17.5 Å². The topological polar surface area (TPSA) is 88.1 Å². The molecule has 4 aromatic rings. The van der Waals surface area contributed by atoms with Crippen LogP contribution in [0.5, 0.6) is 11.5 Å². The molecule has 2 aromatic heterocycles. The summed E-state index contributed by atoms with van der Waals surface area (Å²) in [6.45, 7) is 0.199. The molecule has 0 radical (unpaired) electrons. The number of methoxy groups -OCH3 is 1. The fourth-order valence-electron chi connectivity index (χ4n) is 2.61. The zero-order chi connectivity index (χ0) is 20.9. The Morgan fingerprint density at radius 3 is 2.80 bits per heavy atom. The minimum Gasteiger partial charge on any atom is -0.497 e. The largest absolute Gasteiger partial charge is 0.497 e. The van der Waals surface area contributed by atoms with E-state index < -0.39 is 0 Å². The van der Waals surface area contributed by atoms with Crippen LogP contribution in [0.4, 0.5) is 0 Å². The van der Waals surface area contributed by atoms with Crippen molar-refractivity contribution in [3.63, 3.8) is 0 Å². The van der Waals surface area contributed by atoms with E-state index in [2.05, 4.69) is 15.2 Å². The van der Waals surface area contributed by atoms with Gasteiger partial charge in [-0.25, -0.2) is 9.66 Å². The lowest BCUT2D eigenvalue weighted by atomic mass is 10.2. The molecule has 7 nitrogen and oxygen atoms in total. The van der Waals surface area contributed by atoms with Crippen LogP contribution in [-0.2, 0) is 12.4 Å². The molecule has 0 aliphatic heterocycles. The lowest BCUT2D eigenvalue weighted by Crippen LogP contribution is -2.15. The molecule has 2 heterocycles. The van der Waals surface area contributed by atoms with E-state index in [1.54, 1.807) is 24.5 Å². The highest BCUT2D eigenvalue weighted by Gasteiger charge is 2.13. The van der Waals surface area contributed by atoms with Crippen molar-refractivity contribution in [2.75, 3.05) is 13.0 Å². The van der Waals surface area contributed by atoms with Gasteiger partial charge in [-0.2, -0.15) is 0 Å². The second-order valence-electron chi connectivity index (χ2n) is 6.15. The van der Waals surface area contributed by atoms with E-state index in [0.717, 1.165) is 22.0 Å². The maximum atomic E-state index is 6.26. The Hall–Kier alpha value is -2.75. The quantitative estimate of drug-likeness (QED) is 0.303. The molecule has 154 valence electrons. The number of hydrogen-bond donors (Lipinski definition) is 1. The summed E-state index contributed by atoms with van der Waals surface area (Å²) in [5, 5.41) is 12.5. The third kappa shape index (κ3) is 4.69. The van der Waals surface area contributed by atoms with Crippen LogP contribution >= 0.6 is 34.7 Å². The van der Waals surface area contributed by atoms with Crippen LogP contribution in [0.2, 0.25) is 5.02 Å². The molecular weight excluding hydrogens is 442 g/mol. The van der Waals surface area contributed by atoms with Crippen LogP contribution in [0.15, 0.2) is 59.1 Å². The number of ether oxygens (including phenoxy) is 2. The third-order valence-electron chi connectivity index (χ3n) is 4.15. The smallest absolute Gasteiger partial charge is 0.210 e. The molecular formula is C20H18ClN5O2S2. The third-order valence-corrected chi connectivity index (χ3v) is 6.38. The van der Waals surface area contributed by atoms with E-state index in [-0.39, 0.29) is 6.61 Å². The molecule has 0 fully saturated rings. The van der Waals surface area contributed by atoms with Crippen LogP contribution in [0.1, 0.15) is 11.5 Å². The van der Waals surface area contributed by atoms with Crippen LogP contribution < -0.4 is 15.3 Å². The van der Waals surface area contributed by atoms with Crippen molar-refractivity contribution in [2.24, 2.45) is 0 Å². The number of rotatable bonds is 8. The van der Waals surface area contributed by atoms with Crippen LogP contribution in [-0.4, -0.2) is 27.0 Å². The fraction of sp³-hybridized carbons (Fsp3) is 0.150. The molecule has 2 aromatic carbocycles. The first-order valence-electron chi connectivity index (χ1n) is 8.92. The number of hydrogen-bond acceptors (Lipinski definition) is 8. The summed E-state index contributed by atoms with van der Waals surface area (Å²) in [6.07, 6.45) is 0. The van der Waals surface area contributed by atoms with Gasteiger partial charge in [0.25, 0.3) is 0 Å². The average molecular weight is 460 g/mol. The van der Waals surface area contributed by atoms with Crippen molar-refractivity contribution in [3.8, 4) is 22.1 Å². The number of benzene rings is 2. The molecule has 2 N–H and O–H groups in total. The number of halogens is 1. The normalized spacial score (nSPS) is 10.9. The average Bonchev–Trinajstić information content (AvgIpc) is 3.38. The van der Waals surface area contributed by atoms with Gasteiger partial charge in [0, 0.05) is 22.8 Å². The first-order valence-corrected chi connectivity index (χ1v) is 11.2. The highest BCUT2D eigenvalue weighted by Crippen LogP contribution is 2.31. The summed E-state index contributed by atoms with van der Waals surface area (Å²) < 4.78 is 12.4. The first kappa shape index (κ1) is 20.5. The maximum absolute atomic E-state index is 6.26. The van der Waals surface area contributed by atoms with E-state index in [0.29, 0.717) is 27.5 Å². The Balaban J connectivity index is 1.37. The number of nitrogens with two attached hydrogens (primary N) is 1. The van der Waals surface area contributed by atoms with Gasteiger partial charge in [0.2, 0.25) is 5.16 Å². The Labute approximate surface area is 186 Å². The summed E-state index contributed by atoms with van der Waals surface area (Å²) >= 11 is 9.28. The second kappa shape index (κ2) is 9.38. The van der Waals surface area contributed by atoms with Crippen molar-refractivity contribution < 1.29 is 9.47 Å². The Kier molecular flexibility index (Phi) is 6.41. The molecule has 0 bridgehead atoms. The highest BCUT2D eigenvalue weighted by atomic mass is 35.5. The minimum atomic E-state index is 0.199. The first-order chi connectivity index (χ1) is 14.6. The van der Waals surface area contributed by atoms with Gasteiger partial charge in [0.15, 0.2) is 5.82 Å². The summed E-state index contributed by atoms with van der Waals surface area (Å²) in [4.78, 5) is 4.66. The molecule has 0 saturated heterocycles. The van der Waals surface area contributed by atoms with Gasteiger partial charge in [-0.05, 0) is 18.2 Å². The van der Waals surface area contributed by atoms with E-state index >= 15 is 0 Å². The number of aromatic nitrogens is 4. The fourth-order valence-corrected chi connectivity index (χ4v) is 4.63. The Bertz CT molecular complexity index is 1150. The predicted molar refractivity (Wildman–Crippen MR) is 120 cm³/mol. The van der Waals surface area contributed by atoms with Gasteiger partial charge in [-0.3, -0.25) is 0 Å². The van der Waals surface area contributed by atoms with Crippen LogP contribution in [0, 0.1) is 0 Å². The predicted octanol–water partition coefficient (Wildman–Crippen LogP) is 4.65. The lowest BCUT2D eigenvalue weighted by Gasteiger charge is -2.07. The van der Waals surface area contributed by atoms with Gasteiger partial charge in [-0.15, -0.1) is 21.5 Å². The number of thiazole rings is 1. The van der Waals surface area contributed by atoms with Gasteiger partial charge >= 0.3 is 0 Å². The monoisotopic (exact) mass is 459 g/mol. The van der Waals surface area contributed by atoms with Gasteiger partial charge in [-0.1, -0.05) is 47.6 Å². The summed E-state index contributed by atoms with van der Waals surface area (Å²) in [5.41, 5.74) is 1.86. The van der Waals surface area contributed by atoms with Gasteiger partial charge in [0.05, 0.1) is 17.8 Å². The maximum Gasteiger partial charge on any atom is 0.210 e. The van der Waals surface area contributed by atoms with E-state index in [9.17, 15) is 0 Å². The van der Waals surface area contributed by atoms with E-state index in [1.165, 1.54) is 16.4 Å². The molecule has 0 atom stereocenters. The molecule has 0 aliphatic carbocycles. The van der Waals surface area contributed by atoms with Gasteiger partial charge < -0.3 is 15.3 Å². The summed E-state index contributed by atoms with van der Waals surface area (Å²) in [5.74, 6) is 8.66. The number of thioether (sulfide) groups is 1. The Morgan fingerprint density at radius 1 is 1.13 bits per heavy atom. The molecule has 30 heavy (non-hydrogen) atoms. The zero-order valence-corrected chi connectivity index (χ0v) is 18.4. The SMILES string of the molecule is COc1cccc(OCc2nnc(SCc3csc(-c4ccccc4Cl)n3)n2N)c1. The molecule has 4 rings (SSSR count). The van der Waals surface area contributed by atoms with Gasteiger partial charge in [0.1, 0.15) is 23.1 Å². The molecule has 0 aliphatic rings. The summed E-state index contributed by atoms with van der Waals surface area (Å²) in [6, 6.07) is 15.0. The van der Waals surface area contributed by atoms with Crippen molar-refractivity contribution in [1.82, 2.24) is 19.9 Å². The molecule has 0 saturated carbocycles. The minimum absolute atomic E-state index is 0.199. The molecule has 10 heteroatoms. The van der Waals surface area contributed by atoms with Crippen molar-refractivity contribution in [3.05, 3.63) is 70.5 Å². The van der Waals surface area contributed by atoms with Crippen LogP contribution in [0.3, 0.4) is 0 Å². The number of nitrogen functional groups attached to an aromatic ring is 1. The van der Waals surface area contributed by atoms with E-state index in [1.807, 2.05) is 47.8 Å². The molecule has 0 spiro atoms. The summed E-state index contributed by atoms with van der Waals surface area (Å²) in [7, 11) is 1.61. The van der Waals surface area contributed by atoms with E-state index in [4.69, 9.17) is 26.9 Å². The Morgan fingerprint density at radius 2 is 1.97 bits per heavy atom. The zero-order valence-electron chi connectivity index (χ0n) is 16.0. The van der Waals surface area contributed by atoms with Crippen molar-refractivity contribution >= 4 is 34.7 Å². The molecule has 0 amide bonds.